The summed E-state index contributed by atoms with van der Waals surface area (Å²) in [6.07, 6.45) is 59.5. The Morgan fingerprint density at radius 2 is 0.812 bits per heavy atom. The summed E-state index contributed by atoms with van der Waals surface area (Å²) in [6, 6.07) is -0.962. The first-order valence-electron chi connectivity index (χ1n) is 34.3. The van der Waals surface area contributed by atoms with Crippen LogP contribution in [0.1, 0.15) is 264 Å². The summed E-state index contributed by atoms with van der Waals surface area (Å²) in [5.41, 5.74) is 0. The van der Waals surface area contributed by atoms with Gasteiger partial charge in [0, 0.05) is 6.42 Å². The molecule has 85 heavy (non-hydrogen) atoms. The molecule has 9 N–H and O–H groups in total. The number of allylic oxidation sites excluding steroid dienone is 13. The normalized spacial score (nSPS) is 24.1. The van der Waals surface area contributed by atoms with Gasteiger partial charge >= 0.3 is 0 Å². The number of hydrogen-bond acceptors (Lipinski definition) is 13. The molecule has 0 aliphatic carbocycles. The highest BCUT2D eigenvalue weighted by Gasteiger charge is 2.51. The maximum atomic E-state index is 13.3. The van der Waals surface area contributed by atoms with Crippen molar-refractivity contribution in [2.45, 2.75) is 338 Å². The second-order valence-corrected chi connectivity index (χ2v) is 23.9. The predicted octanol–water partition coefficient (Wildman–Crippen LogP) is 13.6. The maximum absolute atomic E-state index is 13.3. The molecule has 0 aromatic heterocycles. The lowest BCUT2D eigenvalue weighted by Gasteiger charge is -2.46. The Morgan fingerprint density at radius 1 is 0.435 bits per heavy atom. The number of aliphatic hydroxyl groups is 8. The van der Waals surface area contributed by atoms with E-state index in [-0.39, 0.29) is 18.9 Å². The molecule has 2 saturated heterocycles. The molecule has 14 heteroatoms. The van der Waals surface area contributed by atoms with Gasteiger partial charge in [0.25, 0.3) is 0 Å². The molecular weight excluding hydrogens is 1070 g/mol. The minimum atomic E-state index is -1.80. The van der Waals surface area contributed by atoms with Crippen molar-refractivity contribution < 1.29 is 64.6 Å². The van der Waals surface area contributed by atoms with Gasteiger partial charge in [-0.05, 0) is 57.8 Å². The summed E-state index contributed by atoms with van der Waals surface area (Å²) >= 11 is 0. The number of aliphatic hydroxyl groups excluding tert-OH is 8. The van der Waals surface area contributed by atoms with Crippen LogP contribution in [-0.2, 0) is 23.7 Å². The average Bonchev–Trinajstić information content (AvgIpc) is 3.69. The third-order valence-corrected chi connectivity index (χ3v) is 16.4. The molecule has 0 spiro atoms. The summed E-state index contributed by atoms with van der Waals surface area (Å²) in [6.45, 7) is 2.65. The highest BCUT2D eigenvalue weighted by Crippen LogP contribution is 2.30. The fourth-order valence-corrected chi connectivity index (χ4v) is 10.9. The van der Waals surface area contributed by atoms with Crippen LogP contribution in [0.3, 0.4) is 0 Å². The highest BCUT2D eigenvalue weighted by atomic mass is 16.7. The van der Waals surface area contributed by atoms with Crippen molar-refractivity contribution in [1.29, 1.82) is 0 Å². The molecular formula is C71H125NO13. The van der Waals surface area contributed by atoms with Crippen LogP contribution in [0, 0.1) is 0 Å². The van der Waals surface area contributed by atoms with Gasteiger partial charge in [-0.3, -0.25) is 4.79 Å². The van der Waals surface area contributed by atoms with E-state index in [9.17, 15) is 45.6 Å². The lowest BCUT2D eigenvalue weighted by Crippen LogP contribution is -2.65. The van der Waals surface area contributed by atoms with Crippen LogP contribution in [0.2, 0.25) is 0 Å². The zero-order valence-corrected chi connectivity index (χ0v) is 53.3. The Labute approximate surface area is 516 Å². The van der Waals surface area contributed by atoms with Gasteiger partial charge in [0.2, 0.25) is 5.91 Å². The first kappa shape index (κ1) is 78.3. The molecule has 0 aromatic carbocycles. The van der Waals surface area contributed by atoms with Crippen LogP contribution in [0.15, 0.2) is 85.1 Å². The number of unbranched alkanes of at least 4 members (excludes halogenated alkanes) is 30. The van der Waals surface area contributed by atoms with Gasteiger partial charge in [-0.15, -0.1) is 0 Å². The minimum Gasteiger partial charge on any atom is -0.394 e. The molecule has 1 amide bonds. The number of rotatable bonds is 55. The smallest absolute Gasteiger partial charge is 0.220 e. The van der Waals surface area contributed by atoms with Crippen molar-refractivity contribution in [2.75, 3.05) is 19.8 Å². The van der Waals surface area contributed by atoms with E-state index >= 15 is 0 Å². The summed E-state index contributed by atoms with van der Waals surface area (Å²) in [4.78, 5) is 13.3. The van der Waals surface area contributed by atoms with Crippen molar-refractivity contribution in [3.05, 3.63) is 85.1 Å². The quantitative estimate of drug-likeness (QED) is 0.0204. The molecule has 2 rings (SSSR count). The van der Waals surface area contributed by atoms with Crippen molar-refractivity contribution >= 4 is 5.91 Å². The summed E-state index contributed by atoms with van der Waals surface area (Å²) in [5, 5.41) is 87.3. The van der Waals surface area contributed by atoms with Crippen LogP contribution >= 0.6 is 0 Å². The van der Waals surface area contributed by atoms with Gasteiger partial charge in [-0.25, -0.2) is 0 Å². The molecule has 2 fully saturated rings. The largest absolute Gasteiger partial charge is 0.394 e. The van der Waals surface area contributed by atoms with Gasteiger partial charge in [0.05, 0.1) is 32.0 Å². The van der Waals surface area contributed by atoms with Gasteiger partial charge < -0.3 is 65.1 Å². The Morgan fingerprint density at radius 3 is 1.22 bits per heavy atom. The molecule has 14 nitrogen and oxygen atoms in total. The Balaban J connectivity index is 1.69. The number of carbonyl (C=O) groups is 1. The zero-order valence-electron chi connectivity index (χ0n) is 53.3. The van der Waals surface area contributed by atoms with Gasteiger partial charge in [0.15, 0.2) is 12.6 Å². The molecule has 0 aromatic rings. The minimum absolute atomic E-state index is 0.152. The Bertz CT molecular complexity index is 1750. The van der Waals surface area contributed by atoms with Crippen molar-refractivity contribution in [1.82, 2.24) is 5.32 Å². The zero-order chi connectivity index (χ0) is 61.6. The lowest BCUT2D eigenvalue weighted by molar-refractivity contribution is -0.359. The third kappa shape index (κ3) is 39.7. The number of hydrogen-bond donors (Lipinski definition) is 9. The number of nitrogens with one attached hydrogen (secondary N) is 1. The van der Waals surface area contributed by atoms with E-state index in [1.165, 1.54) is 173 Å². The standard InChI is InChI=1S/C71H125NO13/c1-3-5-7-9-11-13-15-17-19-21-23-24-25-26-27-28-29-30-31-32-33-34-35-37-38-40-42-44-46-48-50-52-54-60(75)59(72-63(76)55-53-51-49-47-45-43-41-39-36-22-20-18-16-14-12-10-8-6-4-2)58-82-70-68(81)66(79)69(62(57-74)84-70)85-71-67(80)65(78)64(77)61(56-73)83-71/h6,8,12,14,18,20,36,39,43,45,49,51-52,54,59-62,64-71,73-75,77-81H,3-5,7,9-11,13,15-17,19,21-35,37-38,40-42,44,46-48,50,53,55-58H2,1-2H3,(H,72,76)/b8-6-,14-12-,20-18-,39-36-,45-43-,51-49-,54-52+. The number of amides is 1. The number of carbonyl (C=O) groups excluding carboxylic acids is 1. The summed E-state index contributed by atoms with van der Waals surface area (Å²) in [7, 11) is 0. The maximum Gasteiger partial charge on any atom is 0.220 e. The average molecular weight is 1200 g/mol. The van der Waals surface area contributed by atoms with E-state index in [2.05, 4.69) is 79.9 Å². The SMILES string of the molecule is CC/C=C\C/C=C\C/C=C\C/C=C\C/C=C\C/C=C\CCC(=O)NC(COC1OC(CO)C(OC2OC(CO)C(O)C(O)C2O)C(O)C1O)C(O)/C=C/CCCCCCCCCCCCCCCCCCCCCCCCCCCCCCCC. The van der Waals surface area contributed by atoms with Crippen LogP contribution in [-0.4, -0.2) is 140 Å². The van der Waals surface area contributed by atoms with Crippen molar-refractivity contribution in [2.24, 2.45) is 0 Å². The molecule has 0 bridgehead atoms. The van der Waals surface area contributed by atoms with Gasteiger partial charge in [-0.1, -0.05) is 285 Å². The fourth-order valence-electron chi connectivity index (χ4n) is 10.9. The van der Waals surface area contributed by atoms with Crippen molar-refractivity contribution in [3.63, 3.8) is 0 Å². The van der Waals surface area contributed by atoms with E-state index < -0.39 is 86.8 Å². The molecule has 0 saturated carbocycles. The van der Waals surface area contributed by atoms with Gasteiger partial charge in [0.1, 0.15) is 48.8 Å². The molecule has 0 radical (unpaired) electrons. The first-order chi connectivity index (χ1) is 41.6. The Kier molecular flexibility index (Phi) is 50.9. The molecule has 492 valence electrons. The van der Waals surface area contributed by atoms with E-state index in [0.717, 1.165) is 64.2 Å². The second kappa shape index (κ2) is 55.3. The Hall–Kier alpha value is -2.83. The van der Waals surface area contributed by atoms with Crippen LogP contribution in [0.25, 0.3) is 0 Å². The summed E-state index contributed by atoms with van der Waals surface area (Å²) in [5.74, 6) is -0.321. The fraction of sp³-hybridized carbons (Fsp3) is 0.789. The molecule has 2 heterocycles. The van der Waals surface area contributed by atoms with E-state index in [1.54, 1.807) is 6.08 Å². The third-order valence-electron chi connectivity index (χ3n) is 16.4. The second-order valence-electron chi connectivity index (χ2n) is 23.9. The lowest BCUT2D eigenvalue weighted by atomic mass is 9.97. The molecule has 12 unspecified atom stereocenters. The van der Waals surface area contributed by atoms with Crippen LogP contribution in [0.5, 0.6) is 0 Å². The molecule has 12 atom stereocenters. The summed E-state index contributed by atoms with van der Waals surface area (Å²) < 4.78 is 22.8. The number of ether oxygens (including phenoxy) is 4. The van der Waals surface area contributed by atoms with E-state index in [0.29, 0.717) is 6.42 Å². The topological polar surface area (TPSA) is 228 Å². The van der Waals surface area contributed by atoms with Crippen molar-refractivity contribution in [3.8, 4) is 0 Å². The van der Waals surface area contributed by atoms with E-state index in [1.807, 2.05) is 18.2 Å². The highest BCUT2D eigenvalue weighted by molar-refractivity contribution is 5.76. The van der Waals surface area contributed by atoms with Crippen LogP contribution < -0.4 is 5.32 Å². The molecule has 2 aliphatic heterocycles. The van der Waals surface area contributed by atoms with E-state index in [4.69, 9.17) is 18.9 Å². The monoisotopic (exact) mass is 1200 g/mol. The van der Waals surface area contributed by atoms with Gasteiger partial charge in [-0.2, -0.15) is 0 Å². The predicted molar refractivity (Wildman–Crippen MR) is 346 cm³/mol. The molecule has 2 aliphatic rings. The first-order valence-corrected chi connectivity index (χ1v) is 34.3. The van der Waals surface area contributed by atoms with Crippen LogP contribution in [0.4, 0.5) is 0 Å².